The lowest BCUT2D eigenvalue weighted by Crippen LogP contribution is -1.92. The van der Waals surface area contributed by atoms with Gasteiger partial charge in [-0.05, 0) is 31.2 Å². The number of hydrogen-bond acceptors (Lipinski definition) is 3. The topological polar surface area (TPSA) is 43.6 Å². The predicted octanol–water partition coefficient (Wildman–Crippen LogP) is 3.25. The van der Waals surface area contributed by atoms with Gasteiger partial charge >= 0.3 is 0 Å². The standard InChI is InChI=1S/C15H12N2O2/c1-11-5-7-12(8-6-11)19-15-13(10-18)17-9-3-2-4-14(17)16-15/h2-10H,1H3. The number of ether oxygens (including phenoxy) is 1. The van der Waals surface area contributed by atoms with Gasteiger partial charge in [0.25, 0.3) is 0 Å². The van der Waals surface area contributed by atoms with Crippen LogP contribution in [0.25, 0.3) is 5.65 Å². The van der Waals surface area contributed by atoms with Crippen molar-refractivity contribution in [3.63, 3.8) is 0 Å². The Balaban J connectivity index is 2.05. The number of carbonyl (C=O) groups excluding carboxylic acids is 1. The molecule has 2 aromatic heterocycles. The Morgan fingerprint density at radius 1 is 1.16 bits per heavy atom. The Bertz CT molecular complexity index is 729. The molecular weight excluding hydrogens is 240 g/mol. The van der Waals surface area contributed by atoms with Crippen molar-refractivity contribution in [2.45, 2.75) is 6.92 Å². The first-order valence-electron chi connectivity index (χ1n) is 5.95. The Hall–Kier alpha value is -2.62. The molecule has 4 nitrogen and oxygen atoms in total. The van der Waals surface area contributed by atoms with Crippen LogP contribution in [0.3, 0.4) is 0 Å². The van der Waals surface area contributed by atoms with E-state index in [4.69, 9.17) is 4.74 Å². The summed E-state index contributed by atoms with van der Waals surface area (Å²) in [6, 6.07) is 13.2. The molecular formula is C15H12N2O2. The van der Waals surface area contributed by atoms with Gasteiger partial charge in [-0.25, -0.2) is 0 Å². The highest BCUT2D eigenvalue weighted by molar-refractivity contribution is 5.78. The average molecular weight is 252 g/mol. The van der Waals surface area contributed by atoms with Crippen molar-refractivity contribution in [2.75, 3.05) is 0 Å². The van der Waals surface area contributed by atoms with Crippen molar-refractivity contribution in [3.8, 4) is 11.6 Å². The number of benzene rings is 1. The van der Waals surface area contributed by atoms with Crippen molar-refractivity contribution in [2.24, 2.45) is 0 Å². The fraction of sp³-hybridized carbons (Fsp3) is 0.0667. The molecule has 3 aromatic rings. The molecule has 0 saturated carbocycles. The lowest BCUT2D eigenvalue weighted by atomic mass is 10.2. The molecule has 0 amide bonds. The number of aldehydes is 1. The summed E-state index contributed by atoms with van der Waals surface area (Å²) in [5.74, 6) is 0.988. The van der Waals surface area contributed by atoms with Crippen LogP contribution in [0.2, 0.25) is 0 Å². The zero-order valence-electron chi connectivity index (χ0n) is 10.4. The largest absolute Gasteiger partial charge is 0.437 e. The third kappa shape index (κ3) is 2.08. The second-order valence-electron chi connectivity index (χ2n) is 4.26. The molecule has 0 atom stereocenters. The molecule has 0 saturated heterocycles. The van der Waals surface area contributed by atoms with Gasteiger partial charge < -0.3 is 4.74 Å². The normalized spacial score (nSPS) is 10.6. The second kappa shape index (κ2) is 4.57. The number of hydrogen-bond donors (Lipinski definition) is 0. The van der Waals surface area contributed by atoms with E-state index in [1.807, 2.05) is 49.4 Å². The third-order valence-electron chi connectivity index (χ3n) is 2.88. The van der Waals surface area contributed by atoms with E-state index < -0.39 is 0 Å². The van der Waals surface area contributed by atoms with Crippen molar-refractivity contribution in [1.82, 2.24) is 9.38 Å². The number of nitrogens with zero attached hydrogens (tertiary/aromatic N) is 2. The van der Waals surface area contributed by atoms with Gasteiger partial charge in [-0.15, -0.1) is 0 Å². The number of rotatable bonds is 3. The smallest absolute Gasteiger partial charge is 0.249 e. The molecule has 0 N–H and O–H groups in total. The van der Waals surface area contributed by atoms with Gasteiger partial charge in [-0.3, -0.25) is 9.20 Å². The van der Waals surface area contributed by atoms with Crippen LogP contribution in [-0.2, 0) is 0 Å². The Morgan fingerprint density at radius 3 is 2.68 bits per heavy atom. The number of imidazole rings is 1. The quantitative estimate of drug-likeness (QED) is 0.672. The summed E-state index contributed by atoms with van der Waals surface area (Å²) < 4.78 is 7.38. The highest BCUT2D eigenvalue weighted by Crippen LogP contribution is 2.24. The van der Waals surface area contributed by atoms with Gasteiger partial charge in [-0.1, -0.05) is 23.8 Å². The summed E-state index contributed by atoms with van der Waals surface area (Å²) in [6.45, 7) is 2.01. The Morgan fingerprint density at radius 2 is 1.95 bits per heavy atom. The van der Waals surface area contributed by atoms with Crippen LogP contribution in [0.15, 0.2) is 48.7 Å². The predicted molar refractivity (Wildman–Crippen MR) is 71.8 cm³/mol. The molecule has 2 heterocycles. The number of aryl methyl sites for hydroxylation is 1. The SMILES string of the molecule is Cc1ccc(Oc2nc3ccccn3c2C=O)cc1. The highest BCUT2D eigenvalue weighted by atomic mass is 16.5. The maximum absolute atomic E-state index is 11.2. The molecule has 3 rings (SSSR count). The third-order valence-corrected chi connectivity index (χ3v) is 2.88. The fourth-order valence-corrected chi connectivity index (χ4v) is 1.89. The van der Waals surface area contributed by atoms with Crippen molar-refractivity contribution in [1.29, 1.82) is 0 Å². The summed E-state index contributed by atoms with van der Waals surface area (Å²) >= 11 is 0. The Kier molecular flexibility index (Phi) is 2.76. The van der Waals surface area contributed by atoms with E-state index >= 15 is 0 Å². The number of aromatic nitrogens is 2. The maximum atomic E-state index is 11.2. The van der Waals surface area contributed by atoms with Gasteiger partial charge in [-0.2, -0.15) is 4.98 Å². The average Bonchev–Trinajstić information content (AvgIpc) is 2.78. The lowest BCUT2D eigenvalue weighted by Gasteiger charge is -2.03. The number of pyridine rings is 1. The minimum Gasteiger partial charge on any atom is -0.437 e. The van der Waals surface area contributed by atoms with Crippen LogP contribution in [0, 0.1) is 6.92 Å². The van der Waals surface area contributed by atoms with Gasteiger partial charge in [0.05, 0.1) is 0 Å². The van der Waals surface area contributed by atoms with Crippen LogP contribution < -0.4 is 4.74 Å². The first kappa shape index (κ1) is 11.5. The molecule has 19 heavy (non-hydrogen) atoms. The second-order valence-corrected chi connectivity index (χ2v) is 4.26. The molecule has 0 aliphatic carbocycles. The fourth-order valence-electron chi connectivity index (χ4n) is 1.89. The van der Waals surface area contributed by atoms with Crippen molar-refractivity contribution >= 4 is 11.9 Å². The number of fused-ring (bicyclic) bond motifs is 1. The van der Waals surface area contributed by atoms with E-state index in [1.165, 1.54) is 0 Å². The summed E-state index contributed by atoms with van der Waals surface area (Å²) in [4.78, 5) is 15.5. The molecule has 0 radical (unpaired) electrons. The molecule has 94 valence electrons. The highest BCUT2D eigenvalue weighted by Gasteiger charge is 2.12. The monoisotopic (exact) mass is 252 g/mol. The zero-order valence-corrected chi connectivity index (χ0v) is 10.4. The van der Waals surface area contributed by atoms with E-state index in [-0.39, 0.29) is 0 Å². The molecule has 0 fully saturated rings. The first-order valence-corrected chi connectivity index (χ1v) is 5.95. The van der Waals surface area contributed by atoms with Crippen LogP contribution in [0.5, 0.6) is 11.6 Å². The molecule has 4 heteroatoms. The van der Waals surface area contributed by atoms with E-state index in [9.17, 15) is 4.79 Å². The zero-order chi connectivity index (χ0) is 13.2. The summed E-state index contributed by atoms with van der Waals surface area (Å²) in [5.41, 5.74) is 2.25. The van der Waals surface area contributed by atoms with Gasteiger partial charge in [0.1, 0.15) is 11.4 Å². The van der Waals surface area contributed by atoms with E-state index in [0.717, 1.165) is 11.8 Å². The number of carbonyl (C=O) groups is 1. The first-order chi connectivity index (χ1) is 9.28. The van der Waals surface area contributed by atoms with Crippen LogP contribution in [0.4, 0.5) is 0 Å². The van der Waals surface area contributed by atoms with E-state index in [1.54, 1.807) is 10.6 Å². The molecule has 0 bridgehead atoms. The van der Waals surface area contributed by atoms with Crippen LogP contribution in [-0.4, -0.2) is 15.7 Å². The molecule has 0 spiro atoms. The van der Waals surface area contributed by atoms with Crippen LogP contribution >= 0.6 is 0 Å². The van der Waals surface area contributed by atoms with Crippen LogP contribution in [0.1, 0.15) is 16.1 Å². The summed E-state index contributed by atoms with van der Waals surface area (Å²) in [7, 11) is 0. The molecule has 0 aliphatic heterocycles. The molecule has 1 aromatic carbocycles. The van der Waals surface area contributed by atoms with Gasteiger partial charge in [0.2, 0.25) is 5.88 Å². The Labute approximate surface area is 110 Å². The summed E-state index contributed by atoms with van der Waals surface area (Å²) in [5, 5.41) is 0. The lowest BCUT2D eigenvalue weighted by molar-refractivity contribution is 0.111. The maximum Gasteiger partial charge on any atom is 0.249 e. The van der Waals surface area contributed by atoms with Crippen molar-refractivity contribution < 1.29 is 9.53 Å². The van der Waals surface area contributed by atoms with E-state index in [0.29, 0.717) is 23.0 Å². The minimum atomic E-state index is 0.324. The molecule has 0 unspecified atom stereocenters. The van der Waals surface area contributed by atoms with Gasteiger partial charge in [0, 0.05) is 6.20 Å². The van der Waals surface area contributed by atoms with Crippen molar-refractivity contribution in [3.05, 3.63) is 59.9 Å². The van der Waals surface area contributed by atoms with E-state index in [2.05, 4.69) is 4.98 Å². The minimum absolute atomic E-state index is 0.324. The van der Waals surface area contributed by atoms with Gasteiger partial charge in [0.15, 0.2) is 12.0 Å². The summed E-state index contributed by atoms with van der Waals surface area (Å²) in [6.07, 6.45) is 2.54. The molecule has 0 aliphatic rings.